The Balaban J connectivity index is 4.35. The Labute approximate surface area is 114 Å². The van der Waals surface area contributed by atoms with E-state index in [0.29, 0.717) is 11.5 Å². The van der Waals surface area contributed by atoms with Crippen LogP contribution in [0.4, 0.5) is 0 Å². The highest BCUT2D eigenvalue weighted by Crippen LogP contribution is 2.24. The topological polar surface area (TPSA) is 24.5 Å². The fourth-order valence-corrected chi connectivity index (χ4v) is 2.39. The second kappa shape index (κ2) is 9.76. The van der Waals surface area contributed by atoms with Crippen molar-refractivity contribution in [1.82, 2.24) is 10.2 Å². The summed E-state index contributed by atoms with van der Waals surface area (Å²) in [6, 6.07) is 0.565. The van der Waals surface area contributed by atoms with Crippen molar-refractivity contribution in [1.29, 1.82) is 0 Å². The second-order valence-corrected chi connectivity index (χ2v) is 5.96. The summed E-state index contributed by atoms with van der Waals surface area (Å²) < 4.78 is 5.19. The summed E-state index contributed by atoms with van der Waals surface area (Å²) in [4.78, 5) is 2.50. The number of nitrogens with one attached hydrogen (secondary N) is 1. The molecule has 0 rings (SSSR count). The van der Waals surface area contributed by atoms with E-state index in [4.69, 9.17) is 4.74 Å². The molecule has 0 aromatic carbocycles. The van der Waals surface area contributed by atoms with Gasteiger partial charge in [-0.1, -0.05) is 41.0 Å². The van der Waals surface area contributed by atoms with Gasteiger partial charge in [-0.15, -0.1) is 0 Å². The normalized spacial score (nSPS) is 15.3. The molecule has 0 amide bonds. The number of nitrogens with zero attached hydrogens (tertiary/aromatic N) is 1. The van der Waals surface area contributed by atoms with Crippen molar-refractivity contribution in [3.63, 3.8) is 0 Å². The first-order valence-electron chi connectivity index (χ1n) is 7.42. The molecule has 110 valence electrons. The number of rotatable bonds is 11. The Morgan fingerprint density at radius 3 is 2.39 bits per heavy atom. The molecule has 18 heavy (non-hydrogen) atoms. The quantitative estimate of drug-likeness (QED) is 0.617. The zero-order chi connectivity index (χ0) is 14.0. The van der Waals surface area contributed by atoms with E-state index in [9.17, 15) is 0 Å². The summed E-state index contributed by atoms with van der Waals surface area (Å²) in [6.07, 6.45) is 2.52. The van der Waals surface area contributed by atoms with Gasteiger partial charge in [0.05, 0.1) is 6.61 Å². The van der Waals surface area contributed by atoms with Crippen molar-refractivity contribution in [3.05, 3.63) is 0 Å². The van der Waals surface area contributed by atoms with Crippen LogP contribution in [0.3, 0.4) is 0 Å². The van der Waals surface area contributed by atoms with Gasteiger partial charge >= 0.3 is 0 Å². The third-order valence-corrected chi connectivity index (χ3v) is 3.45. The molecular formula is C15H34N2O. The number of hydrogen-bond donors (Lipinski definition) is 1. The summed E-state index contributed by atoms with van der Waals surface area (Å²) in [6.45, 7) is 16.6. The Hall–Kier alpha value is -0.120. The summed E-state index contributed by atoms with van der Waals surface area (Å²) >= 11 is 0. The van der Waals surface area contributed by atoms with Crippen LogP contribution in [0, 0.1) is 5.41 Å². The molecule has 0 spiro atoms. The van der Waals surface area contributed by atoms with E-state index in [2.05, 4.69) is 44.8 Å². The van der Waals surface area contributed by atoms with Crippen LogP contribution in [0.25, 0.3) is 0 Å². The maximum atomic E-state index is 5.19. The van der Waals surface area contributed by atoms with E-state index < -0.39 is 0 Å². The molecule has 0 heterocycles. The molecule has 0 aliphatic heterocycles. The first kappa shape index (κ1) is 17.9. The molecule has 0 aliphatic rings. The van der Waals surface area contributed by atoms with E-state index in [1.165, 1.54) is 12.8 Å². The molecule has 3 nitrogen and oxygen atoms in total. The fourth-order valence-electron chi connectivity index (χ4n) is 2.39. The smallest absolute Gasteiger partial charge is 0.0589 e. The zero-order valence-electron chi connectivity index (χ0n) is 13.4. The predicted octanol–water partition coefficient (Wildman–Crippen LogP) is 2.76. The van der Waals surface area contributed by atoms with Crippen LogP contribution >= 0.6 is 0 Å². The Morgan fingerprint density at radius 1 is 1.28 bits per heavy atom. The molecule has 3 heteroatoms. The monoisotopic (exact) mass is 258 g/mol. The minimum Gasteiger partial charge on any atom is -0.383 e. The molecule has 0 bridgehead atoms. The van der Waals surface area contributed by atoms with Crippen molar-refractivity contribution in [2.75, 3.05) is 39.9 Å². The summed E-state index contributed by atoms with van der Waals surface area (Å²) in [5, 5.41) is 3.60. The average Bonchev–Trinajstić information content (AvgIpc) is 2.32. The van der Waals surface area contributed by atoms with E-state index >= 15 is 0 Å². The molecule has 0 aromatic heterocycles. The fraction of sp³-hybridized carbons (Fsp3) is 1.00. The lowest BCUT2D eigenvalue weighted by Gasteiger charge is -2.36. The standard InChI is InChI=1S/C15H34N2O/c1-7-9-15(5,12-16-14(3)4)13-17(8-2)10-11-18-6/h14,16H,7-13H2,1-6H3. The van der Waals surface area contributed by atoms with E-state index in [-0.39, 0.29) is 0 Å². The molecule has 0 saturated carbocycles. The van der Waals surface area contributed by atoms with Crippen molar-refractivity contribution in [3.8, 4) is 0 Å². The van der Waals surface area contributed by atoms with Crippen molar-refractivity contribution < 1.29 is 4.74 Å². The molecule has 0 aromatic rings. The highest BCUT2D eigenvalue weighted by molar-refractivity contribution is 4.81. The summed E-state index contributed by atoms with van der Waals surface area (Å²) in [5.41, 5.74) is 0.364. The second-order valence-electron chi connectivity index (χ2n) is 5.96. The molecule has 0 radical (unpaired) electrons. The van der Waals surface area contributed by atoms with Gasteiger partial charge in [-0.2, -0.15) is 0 Å². The number of likely N-dealkylation sites (N-methyl/N-ethyl adjacent to an activating group) is 1. The highest BCUT2D eigenvalue weighted by atomic mass is 16.5. The number of ether oxygens (including phenoxy) is 1. The first-order chi connectivity index (χ1) is 8.47. The molecule has 1 unspecified atom stereocenters. The van der Waals surface area contributed by atoms with Gasteiger partial charge in [0, 0.05) is 32.8 Å². The molecule has 1 atom stereocenters. The van der Waals surface area contributed by atoms with Crippen LogP contribution in [-0.4, -0.2) is 50.8 Å². The first-order valence-corrected chi connectivity index (χ1v) is 7.42. The van der Waals surface area contributed by atoms with Gasteiger partial charge in [0.25, 0.3) is 0 Å². The summed E-state index contributed by atoms with van der Waals surface area (Å²) in [7, 11) is 1.78. The van der Waals surface area contributed by atoms with E-state index in [0.717, 1.165) is 32.8 Å². The lowest BCUT2D eigenvalue weighted by molar-refractivity contribution is 0.109. The van der Waals surface area contributed by atoms with Crippen LogP contribution in [0.2, 0.25) is 0 Å². The van der Waals surface area contributed by atoms with Gasteiger partial charge in [0.2, 0.25) is 0 Å². The third kappa shape index (κ3) is 8.06. The third-order valence-electron chi connectivity index (χ3n) is 3.45. The van der Waals surface area contributed by atoms with Crippen molar-refractivity contribution >= 4 is 0 Å². The van der Waals surface area contributed by atoms with Crippen LogP contribution in [-0.2, 0) is 4.74 Å². The van der Waals surface area contributed by atoms with E-state index in [1.54, 1.807) is 7.11 Å². The SMILES string of the molecule is CCCC(C)(CNC(C)C)CN(CC)CCOC. The molecule has 0 fully saturated rings. The zero-order valence-corrected chi connectivity index (χ0v) is 13.4. The molecular weight excluding hydrogens is 224 g/mol. The Morgan fingerprint density at radius 2 is 1.94 bits per heavy atom. The largest absolute Gasteiger partial charge is 0.383 e. The number of methoxy groups -OCH3 is 1. The predicted molar refractivity (Wildman–Crippen MR) is 80.1 cm³/mol. The van der Waals surface area contributed by atoms with Crippen LogP contribution in [0.15, 0.2) is 0 Å². The average molecular weight is 258 g/mol. The summed E-state index contributed by atoms with van der Waals surface area (Å²) in [5.74, 6) is 0. The number of hydrogen-bond acceptors (Lipinski definition) is 3. The minimum absolute atomic E-state index is 0.364. The van der Waals surface area contributed by atoms with Gasteiger partial charge in [-0.05, 0) is 18.4 Å². The van der Waals surface area contributed by atoms with Crippen molar-refractivity contribution in [2.45, 2.75) is 53.5 Å². The lowest BCUT2D eigenvalue weighted by atomic mass is 9.84. The van der Waals surface area contributed by atoms with Crippen LogP contribution in [0.1, 0.15) is 47.5 Å². The molecule has 0 saturated heterocycles. The van der Waals surface area contributed by atoms with E-state index in [1.807, 2.05) is 0 Å². The van der Waals surface area contributed by atoms with Gasteiger partial charge in [-0.25, -0.2) is 0 Å². The van der Waals surface area contributed by atoms with Gasteiger partial charge in [0.1, 0.15) is 0 Å². The Bertz CT molecular complexity index is 197. The van der Waals surface area contributed by atoms with Gasteiger partial charge in [0.15, 0.2) is 0 Å². The molecule has 1 N–H and O–H groups in total. The molecule has 0 aliphatic carbocycles. The maximum absolute atomic E-state index is 5.19. The maximum Gasteiger partial charge on any atom is 0.0589 e. The van der Waals surface area contributed by atoms with Crippen LogP contribution in [0.5, 0.6) is 0 Å². The Kier molecular flexibility index (Phi) is 9.70. The lowest BCUT2D eigenvalue weighted by Crippen LogP contribution is -2.44. The van der Waals surface area contributed by atoms with Gasteiger partial charge < -0.3 is 15.0 Å². The van der Waals surface area contributed by atoms with Gasteiger partial charge in [-0.3, -0.25) is 0 Å². The highest BCUT2D eigenvalue weighted by Gasteiger charge is 2.25. The van der Waals surface area contributed by atoms with Crippen molar-refractivity contribution in [2.24, 2.45) is 5.41 Å². The van der Waals surface area contributed by atoms with Crippen LogP contribution < -0.4 is 5.32 Å². The minimum atomic E-state index is 0.364.